The van der Waals surface area contributed by atoms with Gasteiger partial charge in [-0.1, -0.05) is 18.2 Å². The summed E-state index contributed by atoms with van der Waals surface area (Å²) in [6.07, 6.45) is 0. The molecule has 1 aromatic rings. The normalized spacial score (nSPS) is 16.6. The highest BCUT2D eigenvalue weighted by Crippen LogP contribution is 2.21. The Morgan fingerprint density at radius 2 is 2.06 bits per heavy atom. The third kappa shape index (κ3) is 2.04. The molecule has 94 valence electrons. The number of rotatable bonds is 2. The molecule has 1 aliphatic rings. The summed E-state index contributed by atoms with van der Waals surface area (Å²) in [7, 11) is 0. The van der Waals surface area contributed by atoms with E-state index in [2.05, 4.69) is 5.32 Å². The number of fused-ring (bicyclic) bond motifs is 1. The van der Waals surface area contributed by atoms with E-state index in [1.807, 2.05) is 0 Å². The smallest absolute Gasteiger partial charge is 0.313 e. The Hall–Kier alpha value is -2.37. The second-order valence-corrected chi connectivity index (χ2v) is 4.12. The van der Waals surface area contributed by atoms with Crippen molar-refractivity contribution in [2.75, 3.05) is 5.32 Å². The largest absolute Gasteiger partial charge is 0.368 e. The molecule has 0 saturated heterocycles. The van der Waals surface area contributed by atoms with Crippen LogP contribution in [-0.4, -0.2) is 28.7 Å². The lowest BCUT2D eigenvalue weighted by molar-refractivity contribution is -0.147. The van der Waals surface area contributed by atoms with Gasteiger partial charge in [0.2, 0.25) is 5.91 Å². The number of primary amides is 1. The maximum atomic E-state index is 11.9. The van der Waals surface area contributed by atoms with Crippen molar-refractivity contribution in [3.8, 4) is 0 Å². The molecule has 1 aromatic carbocycles. The number of carbonyl (C=O) groups is 3. The molecule has 0 aromatic heterocycles. The zero-order valence-electron chi connectivity index (χ0n) is 9.84. The van der Waals surface area contributed by atoms with Crippen LogP contribution in [0.1, 0.15) is 12.5 Å². The summed E-state index contributed by atoms with van der Waals surface area (Å²) in [4.78, 5) is 35.9. The van der Waals surface area contributed by atoms with Gasteiger partial charge in [0.1, 0.15) is 6.04 Å². The Labute approximate surface area is 104 Å². The van der Waals surface area contributed by atoms with Crippen LogP contribution in [0.4, 0.5) is 5.69 Å². The van der Waals surface area contributed by atoms with Crippen molar-refractivity contribution in [2.24, 2.45) is 5.73 Å². The van der Waals surface area contributed by atoms with Gasteiger partial charge in [0.05, 0.1) is 0 Å². The quantitative estimate of drug-likeness (QED) is 0.711. The summed E-state index contributed by atoms with van der Waals surface area (Å²) in [6, 6.07) is 6.23. The average Bonchev–Trinajstić information content (AvgIpc) is 2.47. The number of amides is 3. The monoisotopic (exact) mass is 247 g/mol. The van der Waals surface area contributed by atoms with Gasteiger partial charge in [-0.2, -0.15) is 0 Å². The second-order valence-electron chi connectivity index (χ2n) is 4.12. The van der Waals surface area contributed by atoms with E-state index >= 15 is 0 Å². The number of hydrogen-bond acceptors (Lipinski definition) is 3. The molecule has 0 spiro atoms. The van der Waals surface area contributed by atoms with E-state index in [1.165, 1.54) is 11.8 Å². The van der Waals surface area contributed by atoms with Crippen molar-refractivity contribution in [1.82, 2.24) is 4.90 Å². The van der Waals surface area contributed by atoms with Crippen LogP contribution in [0.3, 0.4) is 0 Å². The van der Waals surface area contributed by atoms with Gasteiger partial charge in [0.15, 0.2) is 0 Å². The van der Waals surface area contributed by atoms with E-state index in [1.54, 1.807) is 24.3 Å². The van der Waals surface area contributed by atoms with E-state index in [-0.39, 0.29) is 6.54 Å². The van der Waals surface area contributed by atoms with Gasteiger partial charge in [-0.05, 0) is 18.6 Å². The van der Waals surface area contributed by atoms with Gasteiger partial charge in [0, 0.05) is 12.2 Å². The van der Waals surface area contributed by atoms with E-state index < -0.39 is 23.8 Å². The predicted molar refractivity (Wildman–Crippen MR) is 64.3 cm³/mol. The van der Waals surface area contributed by atoms with E-state index in [0.29, 0.717) is 5.69 Å². The molecule has 0 radical (unpaired) electrons. The minimum Gasteiger partial charge on any atom is -0.368 e. The highest BCUT2D eigenvalue weighted by atomic mass is 16.2. The number of nitrogens with zero attached hydrogens (tertiary/aromatic N) is 1. The number of benzene rings is 1. The molecule has 3 amide bonds. The molecule has 0 fully saturated rings. The van der Waals surface area contributed by atoms with Crippen LogP contribution < -0.4 is 11.1 Å². The number of para-hydroxylation sites is 1. The Bertz CT molecular complexity index is 527. The van der Waals surface area contributed by atoms with Gasteiger partial charge in [-0.3, -0.25) is 14.4 Å². The van der Waals surface area contributed by atoms with Crippen LogP contribution in [0.2, 0.25) is 0 Å². The SMILES string of the molecule is C[C@@H](C(N)=O)N1Cc2ccccc2NC(=O)C1=O. The summed E-state index contributed by atoms with van der Waals surface area (Å²) in [5, 5.41) is 2.51. The first-order valence-corrected chi connectivity index (χ1v) is 5.50. The topological polar surface area (TPSA) is 92.5 Å². The first-order chi connectivity index (χ1) is 8.50. The molecule has 1 aliphatic heterocycles. The van der Waals surface area contributed by atoms with Gasteiger partial charge < -0.3 is 16.0 Å². The third-order valence-corrected chi connectivity index (χ3v) is 2.94. The maximum Gasteiger partial charge on any atom is 0.313 e. The number of anilines is 1. The van der Waals surface area contributed by atoms with Gasteiger partial charge in [0.25, 0.3) is 0 Å². The summed E-state index contributed by atoms with van der Waals surface area (Å²) in [5.41, 5.74) is 6.53. The second kappa shape index (κ2) is 4.48. The Kier molecular flexibility index (Phi) is 3.01. The zero-order valence-corrected chi connectivity index (χ0v) is 9.84. The first kappa shape index (κ1) is 12.1. The molecule has 2 rings (SSSR count). The van der Waals surface area contributed by atoms with E-state index in [9.17, 15) is 14.4 Å². The molecule has 0 saturated carbocycles. The van der Waals surface area contributed by atoms with Gasteiger partial charge >= 0.3 is 11.8 Å². The molecular formula is C12H13N3O3. The molecule has 0 bridgehead atoms. The lowest BCUT2D eigenvalue weighted by atomic mass is 10.1. The number of carbonyl (C=O) groups excluding carboxylic acids is 3. The molecule has 6 nitrogen and oxygen atoms in total. The third-order valence-electron chi connectivity index (χ3n) is 2.94. The Morgan fingerprint density at radius 1 is 1.39 bits per heavy atom. The number of hydrogen-bond donors (Lipinski definition) is 2. The lowest BCUT2D eigenvalue weighted by Gasteiger charge is -2.24. The average molecular weight is 247 g/mol. The minimum absolute atomic E-state index is 0.178. The Balaban J connectivity index is 2.41. The zero-order chi connectivity index (χ0) is 13.3. The van der Waals surface area contributed by atoms with Crippen molar-refractivity contribution in [3.05, 3.63) is 29.8 Å². The molecule has 1 atom stereocenters. The highest BCUT2D eigenvalue weighted by molar-refractivity contribution is 6.40. The summed E-state index contributed by atoms with van der Waals surface area (Å²) < 4.78 is 0. The molecule has 0 aliphatic carbocycles. The van der Waals surface area contributed by atoms with Crippen LogP contribution in [0.25, 0.3) is 0 Å². The van der Waals surface area contributed by atoms with Crippen molar-refractivity contribution in [3.63, 3.8) is 0 Å². The van der Waals surface area contributed by atoms with Crippen LogP contribution in [0.15, 0.2) is 24.3 Å². The van der Waals surface area contributed by atoms with E-state index in [0.717, 1.165) is 5.56 Å². The molecule has 6 heteroatoms. The van der Waals surface area contributed by atoms with Crippen LogP contribution in [0, 0.1) is 0 Å². The molecule has 0 unspecified atom stereocenters. The predicted octanol–water partition coefficient (Wildman–Crippen LogP) is -0.159. The van der Waals surface area contributed by atoms with Crippen molar-refractivity contribution < 1.29 is 14.4 Å². The van der Waals surface area contributed by atoms with Crippen molar-refractivity contribution in [2.45, 2.75) is 19.5 Å². The van der Waals surface area contributed by atoms with Crippen molar-refractivity contribution >= 4 is 23.4 Å². The van der Waals surface area contributed by atoms with Gasteiger partial charge in [-0.15, -0.1) is 0 Å². The summed E-state index contributed by atoms with van der Waals surface area (Å²) in [5.74, 6) is -2.15. The number of nitrogens with one attached hydrogen (secondary N) is 1. The van der Waals surface area contributed by atoms with E-state index in [4.69, 9.17) is 5.73 Å². The standard InChI is InChI=1S/C12H13N3O3/c1-7(10(13)16)15-6-8-4-2-3-5-9(8)14-11(17)12(15)18/h2-5,7H,6H2,1H3,(H2,13,16)(H,14,17)/t7-/m0/s1. The van der Waals surface area contributed by atoms with Crippen molar-refractivity contribution in [1.29, 1.82) is 0 Å². The molecule has 18 heavy (non-hydrogen) atoms. The van der Waals surface area contributed by atoms with Crippen LogP contribution >= 0.6 is 0 Å². The molecule has 1 heterocycles. The highest BCUT2D eigenvalue weighted by Gasteiger charge is 2.32. The minimum atomic E-state index is -0.825. The molecule has 3 N–H and O–H groups in total. The maximum absolute atomic E-state index is 11.9. The fourth-order valence-electron chi connectivity index (χ4n) is 1.81. The fourth-order valence-corrected chi connectivity index (χ4v) is 1.81. The fraction of sp³-hybridized carbons (Fsp3) is 0.250. The van der Waals surface area contributed by atoms with Crippen LogP contribution in [-0.2, 0) is 20.9 Å². The van der Waals surface area contributed by atoms with Gasteiger partial charge in [-0.25, -0.2) is 0 Å². The first-order valence-electron chi connectivity index (χ1n) is 5.50. The lowest BCUT2D eigenvalue weighted by Crippen LogP contribution is -2.48. The Morgan fingerprint density at radius 3 is 2.72 bits per heavy atom. The summed E-state index contributed by atoms with van der Waals surface area (Å²) in [6.45, 7) is 1.68. The number of nitrogens with two attached hydrogens (primary N) is 1. The van der Waals surface area contributed by atoms with Crippen LogP contribution in [0.5, 0.6) is 0 Å². The molecular weight excluding hydrogens is 234 g/mol. The summed E-state index contributed by atoms with van der Waals surface area (Å²) >= 11 is 0.